The van der Waals surface area contributed by atoms with Gasteiger partial charge in [-0.1, -0.05) is 0 Å². The number of benzene rings is 1. The molecule has 0 atom stereocenters. The second kappa shape index (κ2) is 6.27. The first kappa shape index (κ1) is 17.9. The summed E-state index contributed by atoms with van der Waals surface area (Å²) in [5.74, 6) is -1.24. The first-order valence-electron chi connectivity index (χ1n) is 8.89. The van der Waals surface area contributed by atoms with Crippen molar-refractivity contribution >= 4 is 20.9 Å². The highest BCUT2D eigenvalue weighted by atomic mass is 32.2. The zero-order valence-electron chi connectivity index (χ0n) is 14.4. The van der Waals surface area contributed by atoms with Crippen LogP contribution in [-0.2, 0) is 10.0 Å². The summed E-state index contributed by atoms with van der Waals surface area (Å²) in [6.45, 7) is 2.67. The fraction of sp³-hybridized carbons (Fsp3) is 0.556. The molecule has 1 saturated heterocycles. The van der Waals surface area contributed by atoms with Gasteiger partial charge < -0.3 is 4.98 Å². The normalized spacial score (nSPS) is 24.5. The van der Waals surface area contributed by atoms with E-state index in [9.17, 15) is 21.6 Å². The summed E-state index contributed by atoms with van der Waals surface area (Å²) in [6.07, 6.45) is -0.0262. The van der Waals surface area contributed by atoms with E-state index in [1.54, 1.807) is 6.92 Å². The van der Waals surface area contributed by atoms with Crippen LogP contribution in [0.4, 0.5) is 13.2 Å². The van der Waals surface area contributed by atoms with Crippen LogP contribution in [-0.4, -0.2) is 37.2 Å². The van der Waals surface area contributed by atoms with Crippen molar-refractivity contribution in [1.29, 1.82) is 0 Å². The summed E-state index contributed by atoms with van der Waals surface area (Å²) in [7, 11) is -3.69. The molecule has 1 aliphatic carbocycles. The molecule has 8 heteroatoms. The third-order valence-electron chi connectivity index (χ3n) is 5.71. The zero-order chi connectivity index (χ0) is 18.6. The lowest BCUT2D eigenvalue weighted by Gasteiger charge is -2.36. The Morgan fingerprint density at radius 3 is 2.46 bits per heavy atom. The highest BCUT2D eigenvalue weighted by Gasteiger charge is 2.38. The Morgan fingerprint density at radius 1 is 1.19 bits per heavy atom. The predicted octanol–water partition coefficient (Wildman–Crippen LogP) is 4.16. The van der Waals surface area contributed by atoms with Crippen molar-refractivity contribution in [3.63, 3.8) is 0 Å². The van der Waals surface area contributed by atoms with Crippen LogP contribution in [0.15, 0.2) is 17.2 Å². The van der Waals surface area contributed by atoms with Crippen LogP contribution in [0.2, 0.25) is 0 Å². The van der Waals surface area contributed by atoms with E-state index in [-0.39, 0.29) is 16.5 Å². The Balaban J connectivity index is 1.78. The summed E-state index contributed by atoms with van der Waals surface area (Å²) < 4.78 is 67.1. The fourth-order valence-electron chi connectivity index (χ4n) is 4.23. The van der Waals surface area contributed by atoms with Crippen LogP contribution >= 0.6 is 0 Å². The van der Waals surface area contributed by atoms with Gasteiger partial charge >= 0.3 is 0 Å². The number of nitrogens with one attached hydrogen (secondary N) is 1. The van der Waals surface area contributed by atoms with E-state index in [2.05, 4.69) is 4.98 Å². The number of aromatic nitrogens is 1. The summed E-state index contributed by atoms with van der Waals surface area (Å²) in [4.78, 5) is 2.73. The number of hydrogen-bond acceptors (Lipinski definition) is 2. The Kier molecular flexibility index (Phi) is 4.30. The zero-order valence-corrected chi connectivity index (χ0v) is 15.3. The van der Waals surface area contributed by atoms with E-state index < -0.39 is 28.2 Å². The van der Waals surface area contributed by atoms with E-state index in [4.69, 9.17) is 0 Å². The number of fused-ring (bicyclic) bond motifs is 1. The van der Waals surface area contributed by atoms with Gasteiger partial charge in [0.25, 0.3) is 10.0 Å². The lowest BCUT2D eigenvalue weighted by Crippen LogP contribution is -2.28. The van der Waals surface area contributed by atoms with Crippen LogP contribution in [0.3, 0.4) is 0 Å². The quantitative estimate of drug-likeness (QED) is 0.858. The van der Waals surface area contributed by atoms with Crippen LogP contribution < -0.4 is 0 Å². The summed E-state index contributed by atoms with van der Waals surface area (Å²) >= 11 is 0. The van der Waals surface area contributed by atoms with Crippen molar-refractivity contribution in [2.24, 2.45) is 5.92 Å². The molecule has 1 aliphatic heterocycles. The second-order valence-electron chi connectivity index (χ2n) is 7.39. The molecule has 2 aromatic rings. The second-order valence-corrected chi connectivity index (χ2v) is 9.29. The molecule has 2 heterocycles. The van der Waals surface area contributed by atoms with E-state index >= 15 is 0 Å². The van der Waals surface area contributed by atoms with Crippen LogP contribution in [0.5, 0.6) is 0 Å². The van der Waals surface area contributed by atoms with Crippen molar-refractivity contribution in [3.05, 3.63) is 29.1 Å². The van der Waals surface area contributed by atoms with Gasteiger partial charge in [-0.25, -0.2) is 21.6 Å². The van der Waals surface area contributed by atoms with Gasteiger partial charge in [0.2, 0.25) is 6.43 Å². The molecule has 1 aromatic carbocycles. The van der Waals surface area contributed by atoms with Gasteiger partial charge in [-0.2, -0.15) is 4.31 Å². The number of H-pyrrole nitrogens is 1. The molecule has 4 nitrogen and oxygen atoms in total. The average Bonchev–Trinajstić information content (AvgIpc) is 3.18. The first-order valence-corrected chi connectivity index (χ1v) is 10.3. The van der Waals surface area contributed by atoms with Gasteiger partial charge in [0.15, 0.2) is 0 Å². The Morgan fingerprint density at radius 2 is 1.85 bits per heavy atom. The molecule has 2 aliphatic rings. The molecular weight excluding hydrogens is 365 g/mol. The highest BCUT2D eigenvalue weighted by molar-refractivity contribution is 7.89. The lowest BCUT2D eigenvalue weighted by molar-refractivity contribution is 0.0227. The first-order chi connectivity index (χ1) is 12.3. The molecule has 0 radical (unpaired) electrons. The van der Waals surface area contributed by atoms with Crippen LogP contribution in [0, 0.1) is 18.7 Å². The Bertz CT molecular complexity index is 943. The van der Waals surface area contributed by atoms with Crippen LogP contribution in [0.25, 0.3) is 10.9 Å². The number of rotatable bonds is 4. The maximum Gasteiger partial charge on any atom is 0.258 e. The number of sulfonamides is 1. The van der Waals surface area contributed by atoms with Crippen LogP contribution in [0.1, 0.15) is 42.7 Å². The minimum Gasteiger partial charge on any atom is -0.342 e. The molecule has 2 fully saturated rings. The number of aromatic amines is 1. The maximum atomic E-state index is 14.4. The standard InChI is InChI=1S/C18H21F3N2O2S/c1-10-6-14(19)17-13(16(10)11-7-12(8-11)18(20)21)9-15(22-17)26(24,25)23-4-2-3-5-23/h6,9,11-12,18,22H,2-5,7-8H2,1H3/t11-,12+. The third kappa shape index (κ3) is 2.74. The summed E-state index contributed by atoms with van der Waals surface area (Å²) in [5.41, 5.74) is 1.61. The molecule has 1 aromatic heterocycles. The summed E-state index contributed by atoms with van der Waals surface area (Å²) in [5, 5.41) is 0.475. The van der Waals surface area contributed by atoms with Gasteiger partial charge in [0.1, 0.15) is 10.8 Å². The minimum absolute atomic E-state index is 0.0233. The SMILES string of the molecule is Cc1cc(F)c2[nH]c(S(=O)(=O)N3CCCC3)cc2c1[C@H]1C[C@@H](C(F)F)C1. The largest absolute Gasteiger partial charge is 0.342 e. The molecule has 0 amide bonds. The van der Waals surface area contributed by atoms with Gasteiger partial charge in [-0.3, -0.25) is 0 Å². The van der Waals surface area contributed by atoms with Crippen molar-refractivity contribution in [3.8, 4) is 0 Å². The van der Waals surface area contributed by atoms with E-state index in [1.165, 1.54) is 16.4 Å². The average molecular weight is 386 g/mol. The van der Waals surface area contributed by atoms with Gasteiger partial charge in [0, 0.05) is 24.4 Å². The van der Waals surface area contributed by atoms with Gasteiger partial charge in [-0.15, -0.1) is 0 Å². The van der Waals surface area contributed by atoms with E-state index in [0.29, 0.717) is 36.9 Å². The monoisotopic (exact) mass is 386 g/mol. The maximum absolute atomic E-state index is 14.4. The molecule has 1 saturated carbocycles. The Hall–Kier alpha value is -1.54. The minimum atomic E-state index is -3.69. The molecule has 0 spiro atoms. The highest BCUT2D eigenvalue weighted by Crippen LogP contribution is 2.48. The van der Waals surface area contributed by atoms with Crippen molar-refractivity contribution in [2.75, 3.05) is 13.1 Å². The van der Waals surface area contributed by atoms with Crippen molar-refractivity contribution in [1.82, 2.24) is 9.29 Å². The third-order valence-corrected chi connectivity index (χ3v) is 7.53. The smallest absolute Gasteiger partial charge is 0.258 e. The van der Waals surface area contributed by atoms with Gasteiger partial charge in [0.05, 0.1) is 5.52 Å². The molecule has 1 N–H and O–H groups in total. The number of alkyl halides is 2. The lowest BCUT2D eigenvalue weighted by atomic mass is 9.70. The Labute approximate surface area is 150 Å². The molecule has 0 bridgehead atoms. The summed E-state index contributed by atoms with van der Waals surface area (Å²) in [6, 6.07) is 2.83. The molecule has 142 valence electrons. The molecule has 26 heavy (non-hydrogen) atoms. The molecule has 0 unspecified atom stereocenters. The fourth-order valence-corrected chi connectivity index (χ4v) is 5.75. The van der Waals surface area contributed by atoms with Gasteiger partial charge in [-0.05, 0) is 61.8 Å². The number of aryl methyl sites for hydroxylation is 1. The van der Waals surface area contributed by atoms with E-state index in [1.807, 2.05) is 0 Å². The molecule has 4 rings (SSSR count). The number of nitrogens with zero attached hydrogens (tertiary/aromatic N) is 1. The van der Waals surface area contributed by atoms with Crippen molar-refractivity contribution < 1.29 is 21.6 Å². The number of hydrogen-bond donors (Lipinski definition) is 1. The van der Waals surface area contributed by atoms with Crippen molar-refractivity contribution in [2.45, 2.75) is 50.0 Å². The topological polar surface area (TPSA) is 53.2 Å². The van der Waals surface area contributed by atoms with E-state index in [0.717, 1.165) is 18.4 Å². The number of halogens is 3. The molecular formula is C18H21F3N2O2S. The predicted molar refractivity (Wildman–Crippen MR) is 92.5 cm³/mol.